The molecule has 4 heteroatoms. The number of dihydropyridines is 1. The van der Waals surface area contributed by atoms with Crippen molar-refractivity contribution in [2.45, 2.75) is 5.60 Å². The third kappa shape index (κ3) is 0.832. The van der Waals surface area contributed by atoms with Crippen LogP contribution in [0.5, 0.6) is 0 Å². The molecule has 0 aromatic carbocycles. The van der Waals surface area contributed by atoms with Gasteiger partial charge in [-0.15, -0.1) is 0 Å². The molecule has 0 radical (unpaired) electrons. The fourth-order valence-corrected chi connectivity index (χ4v) is 1.14. The van der Waals surface area contributed by atoms with Crippen molar-refractivity contribution < 1.29 is 9.53 Å². The average molecular weight is 152 g/mol. The van der Waals surface area contributed by atoms with Crippen LogP contribution in [0.4, 0.5) is 0 Å². The Labute approximate surface area is 63.7 Å². The number of amides is 1. The van der Waals surface area contributed by atoms with Gasteiger partial charge in [0.1, 0.15) is 5.60 Å². The fraction of sp³-hybridized carbons (Fsp3) is 0.286. The predicted molar refractivity (Wildman–Crippen MR) is 38.2 cm³/mol. The van der Waals surface area contributed by atoms with Gasteiger partial charge in [-0.05, 0) is 12.3 Å². The molecule has 0 bridgehead atoms. The molecule has 2 aliphatic heterocycles. The standard InChI is InChI=1S/C7H8N2O2/c8-6(10)5-3-9-2-1-7(5)4-11-7/h1-3,9H,4H2,(H2,8,10). The van der Waals surface area contributed by atoms with E-state index in [1.807, 2.05) is 0 Å². The summed E-state index contributed by atoms with van der Waals surface area (Å²) in [6.45, 7) is 0.556. The van der Waals surface area contributed by atoms with Crippen molar-refractivity contribution in [1.82, 2.24) is 5.32 Å². The van der Waals surface area contributed by atoms with Gasteiger partial charge in [0, 0.05) is 6.20 Å². The maximum absolute atomic E-state index is 10.8. The molecule has 2 rings (SSSR count). The lowest BCUT2D eigenvalue weighted by Gasteiger charge is -2.12. The van der Waals surface area contributed by atoms with E-state index in [1.165, 1.54) is 0 Å². The predicted octanol–water partition coefficient (Wildman–Crippen LogP) is -0.758. The van der Waals surface area contributed by atoms with Gasteiger partial charge < -0.3 is 15.8 Å². The number of nitrogens with one attached hydrogen (secondary N) is 1. The molecule has 3 N–H and O–H groups in total. The first-order valence-electron chi connectivity index (χ1n) is 3.33. The van der Waals surface area contributed by atoms with Crippen LogP contribution in [0.15, 0.2) is 24.0 Å². The Morgan fingerprint density at radius 2 is 2.55 bits per heavy atom. The maximum atomic E-state index is 10.8. The summed E-state index contributed by atoms with van der Waals surface area (Å²) in [4.78, 5) is 10.8. The molecular formula is C7H8N2O2. The summed E-state index contributed by atoms with van der Waals surface area (Å²) in [5.41, 5.74) is 5.13. The van der Waals surface area contributed by atoms with E-state index in [4.69, 9.17) is 10.5 Å². The second-order valence-corrected chi connectivity index (χ2v) is 2.60. The van der Waals surface area contributed by atoms with E-state index in [1.54, 1.807) is 18.5 Å². The molecule has 11 heavy (non-hydrogen) atoms. The largest absolute Gasteiger partial charge is 0.367 e. The van der Waals surface area contributed by atoms with Crippen LogP contribution in [0.1, 0.15) is 0 Å². The smallest absolute Gasteiger partial charge is 0.249 e. The molecule has 2 heterocycles. The Morgan fingerprint density at radius 1 is 1.82 bits per heavy atom. The van der Waals surface area contributed by atoms with Gasteiger partial charge in [0.15, 0.2) is 0 Å². The van der Waals surface area contributed by atoms with Gasteiger partial charge in [0.25, 0.3) is 0 Å². The molecule has 1 fully saturated rings. The lowest BCUT2D eigenvalue weighted by atomic mass is 9.99. The van der Waals surface area contributed by atoms with Gasteiger partial charge in [0.2, 0.25) is 5.91 Å². The van der Waals surface area contributed by atoms with Gasteiger partial charge in [-0.2, -0.15) is 0 Å². The van der Waals surface area contributed by atoms with E-state index < -0.39 is 11.5 Å². The van der Waals surface area contributed by atoms with Crippen molar-refractivity contribution in [2.75, 3.05) is 6.61 Å². The third-order valence-electron chi connectivity index (χ3n) is 1.85. The Bertz CT molecular complexity index is 264. The highest BCUT2D eigenvalue weighted by atomic mass is 16.6. The first kappa shape index (κ1) is 6.42. The summed E-state index contributed by atoms with van der Waals surface area (Å²) in [5, 5.41) is 2.79. The summed E-state index contributed by atoms with van der Waals surface area (Å²) in [5.74, 6) is -0.431. The Balaban J connectivity index is 2.31. The molecule has 2 aliphatic rings. The number of carbonyl (C=O) groups excluding carboxylic acids is 1. The molecule has 0 aromatic heterocycles. The first-order valence-corrected chi connectivity index (χ1v) is 3.33. The second kappa shape index (κ2) is 1.85. The van der Waals surface area contributed by atoms with Crippen LogP contribution >= 0.6 is 0 Å². The quantitative estimate of drug-likeness (QED) is 0.485. The van der Waals surface area contributed by atoms with Crippen molar-refractivity contribution in [1.29, 1.82) is 0 Å². The number of epoxide rings is 1. The van der Waals surface area contributed by atoms with Crippen molar-refractivity contribution in [3.63, 3.8) is 0 Å². The molecule has 4 nitrogen and oxygen atoms in total. The van der Waals surface area contributed by atoms with Gasteiger partial charge in [-0.1, -0.05) is 0 Å². The highest BCUT2D eigenvalue weighted by Gasteiger charge is 2.49. The van der Waals surface area contributed by atoms with Crippen LogP contribution in [0.2, 0.25) is 0 Å². The number of primary amides is 1. The summed E-state index contributed by atoms with van der Waals surface area (Å²) >= 11 is 0. The minimum absolute atomic E-state index is 0.431. The third-order valence-corrected chi connectivity index (χ3v) is 1.85. The summed E-state index contributed by atoms with van der Waals surface area (Å²) < 4.78 is 5.11. The zero-order valence-corrected chi connectivity index (χ0v) is 5.83. The SMILES string of the molecule is NC(=O)C1=CNC=CC12CO2. The zero-order valence-electron chi connectivity index (χ0n) is 5.83. The van der Waals surface area contributed by atoms with Crippen molar-refractivity contribution >= 4 is 5.91 Å². The van der Waals surface area contributed by atoms with Gasteiger partial charge in [-0.3, -0.25) is 4.79 Å². The molecule has 0 aliphatic carbocycles. The van der Waals surface area contributed by atoms with Crippen LogP contribution in [-0.2, 0) is 9.53 Å². The van der Waals surface area contributed by atoms with E-state index in [2.05, 4.69) is 5.32 Å². The highest BCUT2D eigenvalue weighted by Crippen LogP contribution is 2.37. The monoisotopic (exact) mass is 152 g/mol. The minimum atomic E-state index is -0.489. The van der Waals surface area contributed by atoms with E-state index in [-0.39, 0.29) is 0 Å². The van der Waals surface area contributed by atoms with Crippen molar-refractivity contribution in [2.24, 2.45) is 5.73 Å². The van der Waals surface area contributed by atoms with Gasteiger partial charge in [-0.25, -0.2) is 0 Å². The molecule has 1 unspecified atom stereocenters. The molecule has 1 amide bonds. The molecule has 1 spiro atoms. The number of carbonyl (C=O) groups is 1. The number of ether oxygens (including phenoxy) is 1. The molecule has 0 saturated carbocycles. The topological polar surface area (TPSA) is 67.7 Å². The van der Waals surface area contributed by atoms with Crippen LogP contribution in [0.3, 0.4) is 0 Å². The average Bonchev–Trinajstić information content (AvgIpc) is 2.70. The van der Waals surface area contributed by atoms with E-state index in [0.717, 1.165) is 0 Å². The van der Waals surface area contributed by atoms with Crippen LogP contribution in [-0.4, -0.2) is 18.1 Å². The number of nitrogens with two attached hydrogens (primary N) is 1. The molecule has 58 valence electrons. The highest BCUT2D eigenvalue weighted by molar-refractivity contribution is 5.95. The van der Waals surface area contributed by atoms with E-state index in [9.17, 15) is 4.79 Å². The normalized spacial score (nSPS) is 32.9. The summed E-state index contributed by atoms with van der Waals surface area (Å²) in [7, 11) is 0. The Hall–Kier alpha value is -1.29. The zero-order chi connectivity index (χ0) is 7.90. The lowest BCUT2D eigenvalue weighted by Crippen LogP contribution is -2.29. The lowest BCUT2D eigenvalue weighted by molar-refractivity contribution is -0.115. The van der Waals surface area contributed by atoms with E-state index in [0.29, 0.717) is 12.2 Å². The summed E-state index contributed by atoms with van der Waals surface area (Å²) in [6, 6.07) is 0. The molecule has 0 aromatic rings. The van der Waals surface area contributed by atoms with E-state index >= 15 is 0 Å². The second-order valence-electron chi connectivity index (χ2n) is 2.60. The summed E-state index contributed by atoms with van der Waals surface area (Å²) in [6.07, 6.45) is 5.11. The van der Waals surface area contributed by atoms with Crippen molar-refractivity contribution in [3.8, 4) is 0 Å². The minimum Gasteiger partial charge on any atom is -0.367 e. The van der Waals surface area contributed by atoms with Crippen LogP contribution < -0.4 is 11.1 Å². The van der Waals surface area contributed by atoms with Crippen LogP contribution in [0.25, 0.3) is 0 Å². The Morgan fingerprint density at radius 3 is 3.00 bits per heavy atom. The molecule has 1 saturated heterocycles. The molecule has 1 atom stereocenters. The van der Waals surface area contributed by atoms with Crippen LogP contribution in [0, 0.1) is 0 Å². The van der Waals surface area contributed by atoms with Gasteiger partial charge >= 0.3 is 0 Å². The number of hydrogen-bond donors (Lipinski definition) is 2. The van der Waals surface area contributed by atoms with Gasteiger partial charge in [0.05, 0.1) is 12.2 Å². The van der Waals surface area contributed by atoms with Crippen molar-refractivity contribution in [3.05, 3.63) is 24.0 Å². The number of hydrogen-bond acceptors (Lipinski definition) is 3. The number of rotatable bonds is 1. The Kier molecular flexibility index (Phi) is 1.08. The first-order chi connectivity index (χ1) is 5.25. The fourth-order valence-electron chi connectivity index (χ4n) is 1.14. The maximum Gasteiger partial charge on any atom is 0.249 e. The molecular weight excluding hydrogens is 144 g/mol.